The Bertz CT molecular complexity index is 1200. The molecule has 5 aliphatic carbocycles. The number of carbonyl (C=O) groups is 1. The van der Waals surface area contributed by atoms with Crippen molar-refractivity contribution in [1.82, 2.24) is 0 Å². The van der Waals surface area contributed by atoms with E-state index >= 15 is 0 Å². The van der Waals surface area contributed by atoms with Crippen LogP contribution in [-0.2, 0) is 0 Å². The molecule has 0 spiro atoms. The summed E-state index contributed by atoms with van der Waals surface area (Å²) in [4.78, 5) is 11.7. The zero-order valence-electron chi connectivity index (χ0n) is 25.1. The van der Waals surface area contributed by atoms with E-state index in [1.54, 1.807) is 13.2 Å². The average molecular weight is 535 g/mol. The van der Waals surface area contributed by atoms with Gasteiger partial charge < -0.3 is 14.9 Å². The Morgan fingerprint density at radius 2 is 1.69 bits per heavy atom. The van der Waals surface area contributed by atoms with Crippen molar-refractivity contribution < 1.29 is 19.7 Å². The quantitative estimate of drug-likeness (QED) is 0.408. The lowest BCUT2D eigenvalue weighted by Crippen LogP contribution is -2.65. The molecule has 0 radical (unpaired) electrons. The molecule has 6 rings (SSSR count). The lowest BCUT2D eigenvalue weighted by Gasteiger charge is -2.72. The summed E-state index contributed by atoms with van der Waals surface area (Å²) >= 11 is 0. The third-order valence-corrected chi connectivity index (χ3v) is 14.2. The Kier molecular flexibility index (Phi) is 6.20. The van der Waals surface area contributed by atoms with Crippen LogP contribution >= 0.6 is 0 Å². The van der Waals surface area contributed by atoms with Crippen LogP contribution in [0.2, 0.25) is 0 Å². The number of allylic oxidation sites excluding steroid dienone is 2. The smallest absolute Gasteiger partial charge is 0.339 e. The Balaban J connectivity index is 1.36. The molecule has 0 aromatic heterocycles. The zero-order valence-corrected chi connectivity index (χ0v) is 25.1. The van der Waals surface area contributed by atoms with Crippen LogP contribution in [0.15, 0.2) is 24.3 Å². The molecule has 5 aliphatic rings. The Hall–Kier alpha value is -1.81. The van der Waals surface area contributed by atoms with E-state index in [0.29, 0.717) is 40.9 Å². The van der Waals surface area contributed by atoms with Crippen molar-refractivity contribution in [3.8, 4) is 5.75 Å². The van der Waals surface area contributed by atoms with Gasteiger partial charge in [0.1, 0.15) is 11.3 Å². The molecule has 4 saturated carbocycles. The standard InChI is InChI=1S/C35H50O4/c1-31(2)24(22-9-10-23(30(37)38)27(20-22)39-6)13-16-32(3)28(31)14-17-34(5)29(32)12-11-25-26-8-7-15-35(26,21-36)19-18-33(25,34)4/h9-10,13,20,25-26,28-29,36H,7-8,11-12,14-19,21H2,1-6H3,(H,37,38)/t25?,26?,28?,29?,32?,33-,34?,35?/m1/s1. The van der Waals surface area contributed by atoms with E-state index in [9.17, 15) is 15.0 Å². The second-order valence-corrected chi connectivity index (χ2v) is 15.5. The number of rotatable bonds is 4. The van der Waals surface area contributed by atoms with Crippen LogP contribution in [0.4, 0.5) is 0 Å². The first-order chi connectivity index (χ1) is 18.4. The summed E-state index contributed by atoms with van der Waals surface area (Å²) in [6, 6.07) is 5.63. The molecular formula is C35H50O4. The first kappa shape index (κ1) is 27.4. The van der Waals surface area contributed by atoms with Gasteiger partial charge in [-0.25, -0.2) is 4.79 Å². The highest BCUT2D eigenvalue weighted by atomic mass is 16.5. The Morgan fingerprint density at radius 3 is 2.38 bits per heavy atom. The van der Waals surface area contributed by atoms with Crippen LogP contribution in [0.5, 0.6) is 5.75 Å². The highest BCUT2D eigenvalue weighted by molar-refractivity contribution is 5.91. The second kappa shape index (κ2) is 8.84. The fourth-order valence-electron chi connectivity index (χ4n) is 12.1. The molecule has 214 valence electrons. The van der Waals surface area contributed by atoms with E-state index in [1.807, 2.05) is 12.1 Å². The molecule has 4 fully saturated rings. The second-order valence-electron chi connectivity index (χ2n) is 15.5. The number of carboxylic acid groups (broad SMARTS) is 1. The normalized spacial score (nSPS) is 44.3. The van der Waals surface area contributed by atoms with Gasteiger partial charge in [-0.05, 0) is 132 Å². The van der Waals surface area contributed by atoms with Crippen molar-refractivity contribution in [3.63, 3.8) is 0 Å². The Labute approximate surface area is 235 Å². The maximum absolute atomic E-state index is 11.7. The van der Waals surface area contributed by atoms with Gasteiger partial charge in [0.15, 0.2) is 0 Å². The van der Waals surface area contributed by atoms with Gasteiger partial charge >= 0.3 is 5.97 Å². The van der Waals surface area contributed by atoms with Crippen LogP contribution in [0.25, 0.3) is 5.57 Å². The summed E-state index contributed by atoms with van der Waals surface area (Å²) in [5.41, 5.74) is 3.80. The molecule has 0 saturated heterocycles. The largest absolute Gasteiger partial charge is 0.496 e. The van der Waals surface area contributed by atoms with Gasteiger partial charge in [-0.15, -0.1) is 0 Å². The van der Waals surface area contributed by atoms with Crippen molar-refractivity contribution >= 4 is 11.5 Å². The topological polar surface area (TPSA) is 66.8 Å². The number of aromatic carboxylic acids is 1. The van der Waals surface area contributed by atoms with Crippen LogP contribution < -0.4 is 4.74 Å². The fourth-order valence-corrected chi connectivity index (χ4v) is 12.1. The maximum Gasteiger partial charge on any atom is 0.339 e. The number of benzene rings is 1. The molecule has 39 heavy (non-hydrogen) atoms. The summed E-state index contributed by atoms with van der Waals surface area (Å²) in [6.45, 7) is 13.2. The van der Waals surface area contributed by atoms with Gasteiger partial charge in [-0.1, -0.05) is 53.2 Å². The van der Waals surface area contributed by atoms with Crippen LogP contribution in [0, 0.1) is 50.7 Å². The lowest BCUT2D eigenvalue weighted by molar-refractivity contribution is -0.225. The number of hydrogen-bond donors (Lipinski definition) is 2. The minimum Gasteiger partial charge on any atom is -0.496 e. The van der Waals surface area contributed by atoms with Gasteiger partial charge in [-0.2, -0.15) is 0 Å². The van der Waals surface area contributed by atoms with E-state index in [-0.39, 0.29) is 21.8 Å². The summed E-state index contributed by atoms with van der Waals surface area (Å²) in [5.74, 6) is 2.24. The number of fused-ring (bicyclic) bond motifs is 7. The molecule has 1 aromatic carbocycles. The summed E-state index contributed by atoms with van der Waals surface area (Å²) < 4.78 is 5.50. The summed E-state index contributed by atoms with van der Waals surface area (Å²) in [7, 11) is 1.56. The highest BCUT2D eigenvalue weighted by Crippen LogP contribution is 2.77. The number of hydrogen-bond acceptors (Lipinski definition) is 3. The average Bonchev–Trinajstić information content (AvgIpc) is 3.33. The molecule has 0 aliphatic heterocycles. The van der Waals surface area contributed by atoms with E-state index in [0.717, 1.165) is 17.9 Å². The molecule has 7 unspecified atom stereocenters. The van der Waals surface area contributed by atoms with Gasteiger partial charge in [0.05, 0.1) is 7.11 Å². The minimum atomic E-state index is -0.949. The van der Waals surface area contributed by atoms with Crippen LogP contribution in [0.1, 0.15) is 115 Å². The van der Waals surface area contributed by atoms with Crippen LogP contribution in [0.3, 0.4) is 0 Å². The van der Waals surface area contributed by atoms with E-state index in [4.69, 9.17) is 4.74 Å². The number of aliphatic hydroxyl groups is 1. The minimum absolute atomic E-state index is 0.00804. The number of methoxy groups -OCH3 is 1. The van der Waals surface area contributed by atoms with Gasteiger partial charge in [0.25, 0.3) is 0 Å². The monoisotopic (exact) mass is 534 g/mol. The third-order valence-electron chi connectivity index (χ3n) is 14.2. The lowest BCUT2D eigenvalue weighted by atomic mass is 9.33. The molecule has 2 N–H and O–H groups in total. The predicted octanol–water partition coefficient (Wildman–Crippen LogP) is 8.23. The van der Waals surface area contributed by atoms with Crippen molar-refractivity contribution in [2.24, 2.45) is 50.7 Å². The molecule has 0 amide bonds. The molecule has 4 heteroatoms. The van der Waals surface area contributed by atoms with Gasteiger partial charge in [0.2, 0.25) is 0 Å². The molecule has 0 heterocycles. The molecule has 1 aromatic rings. The molecule has 4 nitrogen and oxygen atoms in total. The van der Waals surface area contributed by atoms with E-state index < -0.39 is 5.97 Å². The SMILES string of the molecule is COc1cc(C2=CCC3(C)C(CCC4(C)C3CCC3C5CCCC5(CO)CC[C@]34C)C2(C)C)ccc1C(=O)O. The first-order valence-corrected chi connectivity index (χ1v) is 15.6. The van der Waals surface area contributed by atoms with E-state index in [2.05, 4.69) is 40.7 Å². The predicted molar refractivity (Wildman–Crippen MR) is 156 cm³/mol. The highest BCUT2D eigenvalue weighted by Gasteiger charge is 2.69. The molecule has 0 bridgehead atoms. The van der Waals surface area contributed by atoms with Crippen LogP contribution in [-0.4, -0.2) is 29.9 Å². The third kappa shape index (κ3) is 3.48. The van der Waals surface area contributed by atoms with E-state index in [1.165, 1.54) is 63.4 Å². The number of carboxylic acids is 1. The van der Waals surface area contributed by atoms with Crippen molar-refractivity contribution in [2.75, 3.05) is 13.7 Å². The summed E-state index contributed by atoms with van der Waals surface area (Å²) in [6.07, 6.45) is 15.1. The molecular weight excluding hydrogens is 484 g/mol. The number of aliphatic hydroxyl groups excluding tert-OH is 1. The maximum atomic E-state index is 11.7. The van der Waals surface area contributed by atoms with Crippen molar-refractivity contribution in [1.29, 1.82) is 0 Å². The van der Waals surface area contributed by atoms with Gasteiger partial charge in [-0.3, -0.25) is 0 Å². The first-order valence-electron chi connectivity index (χ1n) is 15.6. The van der Waals surface area contributed by atoms with Gasteiger partial charge in [0, 0.05) is 6.61 Å². The molecule has 8 atom stereocenters. The summed E-state index contributed by atoms with van der Waals surface area (Å²) in [5, 5.41) is 20.1. The number of ether oxygens (including phenoxy) is 1. The van der Waals surface area contributed by atoms with Crippen molar-refractivity contribution in [2.45, 2.75) is 98.8 Å². The van der Waals surface area contributed by atoms with Crippen molar-refractivity contribution in [3.05, 3.63) is 35.4 Å². The zero-order chi connectivity index (χ0) is 28.0. The fraction of sp³-hybridized carbons (Fsp3) is 0.743. The Morgan fingerprint density at radius 1 is 0.923 bits per heavy atom.